The van der Waals surface area contributed by atoms with Crippen molar-refractivity contribution < 1.29 is 15.0 Å². The molecule has 2 aromatic heterocycles. The summed E-state index contributed by atoms with van der Waals surface area (Å²) in [5.74, 6) is -1.07. The van der Waals surface area contributed by atoms with E-state index in [1.807, 2.05) is 31.2 Å². The van der Waals surface area contributed by atoms with Crippen molar-refractivity contribution in [1.29, 1.82) is 5.26 Å². The molecule has 0 bridgehead atoms. The van der Waals surface area contributed by atoms with E-state index in [0.717, 1.165) is 64.7 Å². The lowest BCUT2D eigenvalue weighted by Crippen LogP contribution is -2.55. The molecule has 0 fully saturated rings. The highest BCUT2D eigenvalue weighted by molar-refractivity contribution is 7.16. The van der Waals surface area contributed by atoms with Crippen LogP contribution in [0.15, 0.2) is 23.0 Å². The Morgan fingerprint density at radius 1 is 1.21 bits per heavy atom. The molecule has 1 aromatic carbocycles. The highest BCUT2D eigenvalue weighted by Crippen LogP contribution is 2.37. The molecule has 3 aromatic rings. The summed E-state index contributed by atoms with van der Waals surface area (Å²) in [6, 6.07) is 7.62. The van der Waals surface area contributed by atoms with E-state index in [1.54, 1.807) is 26.8 Å². The maximum Gasteiger partial charge on any atom is 0.280 e. The Bertz CT molecular complexity index is 1690. The molecule has 2 heterocycles. The molecule has 0 atom stereocenters. The van der Waals surface area contributed by atoms with Crippen LogP contribution in [-0.2, 0) is 11.4 Å². The standard InChI is InChI=1S/C33H43N5O4S/c1-9-11-16-37(17-12-10-2)32-35-28(27-21(3)14-13-15-23(27)20-39)26(43-32)18-24-22(4)25(19-34)30(41)38(29(24)40)36(8)31(42)33(5,6)7/h13-15,18,39,41H,4,9-12,16-17,20H2,1-3,5-8H3/b24-18-. The van der Waals surface area contributed by atoms with Crippen LogP contribution in [0.2, 0.25) is 0 Å². The summed E-state index contributed by atoms with van der Waals surface area (Å²) in [4.78, 5) is 35.1. The summed E-state index contributed by atoms with van der Waals surface area (Å²) in [5.41, 5.74) is 1.25. The number of rotatable bonds is 11. The van der Waals surface area contributed by atoms with Gasteiger partial charge in [0.1, 0.15) is 11.6 Å². The van der Waals surface area contributed by atoms with Crippen LogP contribution >= 0.6 is 11.3 Å². The first kappa shape index (κ1) is 33.6. The van der Waals surface area contributed by atoms with Crippen molar-refractivity contribution in [3.05, 3.63) is 60.6 Å². The lowest BCUT2D eigenvalue weighted by molar-refractivity contribution is -0.127. The van der Waals surface area contributed by atoms with Gasteiger partial charge in [-0.15, -0.1) is 0 Å². The number of hydrogen-bond donors (Lipinski definition) is 2. The van der Waals surface area contributed by atoms with Crippen LogP contribution in [0.1, 0.15) is 81.9 Å². The van der Waals surface area contributed by atoms with Crippen LogP contribution in [-0.4, -0.2) is 45.9 Å². The van der Waals surface area contributed by atoms with Gasteiger partial charge in [-0.05, 0) is 37.0 Å². The number of aliphatic hydroxyl groups excluding tert-OH is 1. The van der Waals surface area contributed by atoms with Crippen molar-refractivity contribution in [2.24, 2.45) is 5.41 Å². The number of unbranched alkanes of at least 4 members (excludes halogenated alkanes) is 2. The molecule has 3 rings (SSSR count). The molecule has 0 aliphatic heterocycles. The molecule has 43 heavy (non-hydrogen) atoms. The van der Waals surface area contributed by atoms with Gasteiger partial charge in [-0.3, -0.25) is 9.59 Å². The molecule has 2 N–H and O–H groups in total. The molecule has 1 amide bonds. The van der Waals surface area contributed by atoms with Gasteiger partial charge < -0.3 is 15.1 Å². The Balaban J connectivity index is 2.45. The zero-order chi connectivity index (χ0) is 32.1. The molecule has 0 saturated heterocycles. The number of anilines is 1. The summed E-state index contributed by atoms with van der Waals surface area (Å²) in [7, 11) is 1.39. The second-order valence-corrected chi connectivity index (χ2v) is 12.7. The SMILES string of the molecule is C=c1c(C#N)c(O)n(N(C)C(=O)C(C)(C)C)c(=O)/c1=C\c1sc(N(CCCC)CCCC)nc1-c1c(C)cccc1CO. The van der Waals surface area contributed by atoms with E-state index < -0.39 is 22.8 Å². The van der Waals surface area contributed by atoms with Crippen LogP contribution in [0, 0.1) is 23.7 Å². The quantitative estimate of drug-likeness (QED) is 0.337. The predicted octanol–water partition coefficient (Wildman–Crippen LogP) is 4.14. The van der Waals surface area contributed by atoms with E-state index in [4.69, 9.17) is 4.98 Å². The Morgan fingerprint density at radius 3 is 2.37 bits per heavy atom. The minimum atomic E-state index is -0.855. The van der Waals surface area contributed by atoms with E-state index in [-0.39, 0.29) is 22.6 Å². The number of aliphatic hydroxyl groups is 1. The molecular weight excluding hydrogens is 562 g/mol. The summed E-state index contributed by atoms with van der Waals surface area (Å²) in [6.07, 6.45) is 5.69. The van der Waals surface area contributed by atoms with Crippen molar-refractivity contribution in [3.63, 3.8) is 0 Å². The van der Waals surface area contributed by atoms with Crippen LogP contribution in [0.3, 0.4) is 0 Å². The lowest BCUT2D eigenvalue weighted by atomic mass is 9.95. The number of benzene rings is 1. The van der Waals surface area contributed by atoms with Crippen molar-refractivity contribution in [1.82, 2.24) is 9.66 Å². The first-order valence-electron chi connectivity index (χ1n) is 14.6. The Morgan fingerprint density at radius 2 is 1.84 bits per heavy atom. The van der Waals surface area contributed by atoms with E-state index in [9.17, 15) is 25.1 Å². The van der Waals surface area contributed by atoms with Gasteiger partial charge in [0.15, 0.2) is 5.13 Å². The van der Waals surface area contributed by atoms with Crippen LogP contribution < -0.4 is 25.9 Å². The van der Waals surface area contributed by atoms with E-state index in [1.165, 1.54) is 18.4 Å². The molecule has 9 nitrogen and oxygen atoms in total. The highest BCUT2D eigenvalue weighted by atomic mass is 32.1. The van der Waals surface area contributed by atoms with E-state index in [0.29, 0.717) is 16.1 Å². The zero-order valence-corrected chi connectivity index (χ0v) is 27.1. The largest absolute Gasteiger partial charge is 0.492 e. The van der Waals surface area contributed by atoms with Gasteiger partial charge in [0.2, 0.25) is 11.8 Å². The van der Waals surface area contributed by atoms with Crippen molar-refractivity contribution in [2.45, 2.75) is 73.8 Å². The van der Waals surface area contributed by atoms with E-state index >= 15 is 0 Å². The van der Waals surface area contributed by atoms with E-state index in [2.05, 4.69) is 25.3 Å². The maximum absolute atomic E-state index is 14.0. The highest BCUT2D eigenvalue weighted by Gasteiger charge is 2.29. The smallest absolute Gasteiger partial charge is 0.280 e. The third kappa shape index (κ3) is 7.00. The number of aryl methyl sites for hydroxylation is 1. The molecular formula is C33H43N5O4S. The Hall–Kier alpha value is -3.94. The Labute approximate surface area is 257 Å². The summed E-state index contributed by atoms with van der Waals surface area (Å²) < 4.78 is 0.829. The van der Waals surface area contributed by atoms with Gasteiger partial charge in [0.05, 0.1) is 22.4 Å². The van der Waals surface area contributed by atoms with Gasteiger partial charge in [-0.1, -0.05) is 83.6 Å². The second-order valence-electron chi connectivity index (χ2n) is 11.7. The minimum absolute atomic E-state index is 0.0553. The molecule has 0 aliphatic rings. The fourth-order valence-electron chi connectivity index (χ4n) is 4.90. The van der Waals surface area contributed by atoms with Gasteiger partial charge in [0.25, 0.3) is 5.56 Å². The molecule has 0 aliphatic carbocycles. The predicted molar refractivity (Wildman–Crippen MR) is 174 cm³/mol. The normalized spacial score (nSPS) is 11.9. The third-order valence-electron chi connectivity index (χ3n) is 7.34. The summed E-state index contributed by atoms with van der Waals surface area (Å²) >= 11 is 1.42. The molecule has 0 spiro atoms. The number of pyridine rings is 1. The number of aromatic nitrogens is 2. The first-order valence-corrected chi connectivity index (χ1v) is 15.5. The van der Waals surface area contributed by atoms with Gasteiger partial charge in [-0.25, -0.2) is 9.99 Å². The fraction of sp³-hybridized carbons (Fsp3) is 0.455. The number of carbonyl (C=O) groups excluding carboxylic acids is 1. The fourth-order valence-corrected chi connectivity index (χ4v) is 5.97. The summed E-state index contributed by atoms with van der Waals surface area (Å²) in [6.45, 7) is 16.8. The van der Waals surface area contributed by atoms with Crippen molar-refractivity contribution >= 4 is 35.0 Å². The van der Waals surface area contributed by atoms with Crippen molar-refractivity contribution in [3.8, 4) is 23.2 Å². The average molecular weight is 606 g/mol. The lowest BCUT2D eigenvalue weighted by Gasteiger charge is -2.27. The molecule has 10 heteroatoms. The number of nitrogens with zero attached hydrogens (tertiary/aromatic N) is 5. The van der Waals surface area contributed by atoms with Gasteiger partial charge in [-0.2, -0.15) is 9.94 Å². The number of hydrogen-bond acceptors (Lipinski definition) is 8. The number of carbonyl (C=O) groups is 1. The van der Waals surface area contributed by atoms with Gasteiger partial charge >= 0.3 is 0 Å². The third-order valence-corrected chi connectivity index (χ3v) is 8.40. The van der Waals surface area contributed by atoms with Gasteiger partial charge in [0, 0.05) is 36.3 Å². The number of amides is 1. The molecule has 0 saturated carbocycles. The van der Waals surface area contributed by atoms with Crippen LogP contribution in [0.25, 0.3) is 23.9 Å². The molecule has 230 valence electrons. The monoisotopic (exact) mass is 605 g/mol. The molecule has 0 unspecified atom stereocenters. The van der Waals surface area contributed by atoms with Crippen LogP contribution in [0.4, 0.5) is 5.13 Å². The first-order chi connectivity index (χ1) is 20.3. The minimum Gasteiger partial charge on any atom is -0.492 e. The average Bonchev–Trinajstić information content (AvgIpc) is 3.37. The van der Waals surface area contributed by atoms with Crippen molar-refractivity contribution in [2.75, 3.05) is 30.0 Å². The number of aromatic hydroxyl groups is 1. The molecule has 0 radical (unpaired) electrons. The maximum atomic E-state index is 14.0. The topological polar surface area (TPSA) is 123 Å². The second kappa shape index (κ2) is 14.0. The number of nitriles is 1. The summed E-state index contributed by atoms with van der Waals surface area (Å²) in [5, 5.41) is 33.1. The zero-order valence-electron chi connectivity index (χ0n) is 26.3. The Kier molecular flexibility index (Phi) is 10.9. The number of thiazole rings is 1. The van der Waals surface area contributed by atoms with Crippen LogP contribution in [0.5, 0.6) is 5.88 Å².